The minimum atomic E-state index is -0.322. The van der Waals surface area contributed by atoms with Crippen LogP contribution in [0, 0.1) is 17.1 Å². The maximum absolute atomic E-state index is 13.2. The van der Waals surface area contributed by atoms with E-state index in [0.29, 0.717) is 28.2 Å². The molecule has 3 aromatic rings. The minimum Gasteiger partial charge on any atom is -0.312 e. The van der Waals surface area contributed by atoms with Crippen LogP contribution in [0.25, 0.3) is 5.69 Å². The van der Waals surface area contributed by atoms with Crippen LogP contribution in [-0.4, -0.2) is 15.7 Å². The Morgan fingerprint density at radius 1 is 1.32 bits per heavy atom. The molecule has 0 fully saturated rings. The molecule has 7 heteroatoms. The van der Waals surface area contributed by atoms with Crippen molar-refractivity contribution in [1.29, 1.82) is 5.26 Å². The van der Waals surface area contributed by atoms with Crippen LogP contribution < -0.4 is 5.32 Å². The number of nitrogens with one attached hydrogen (secondary N) is 1. The molecule has 0 saturated heterocycles. The molecule has 0 spiro atoms. The number of hydrogen-bond acceptors (Lipinski definition) is 4. The van der Waals surface area contributed by atoms with Gasteiger partial charge in [0, 0.05) is 4.88 Å². The lowest BCUT2D eigenvalue weighted by Gasteiger charge is -2.09. The first-order chi connectivity index (χ1) is 13.6. The van der Waals surface area contributed by atoms with E-state index in [1.807, 2.05) is 6.92 Å². The number of amides is 1. The molecular weight excluding hydrogens is 375 g/mol. The third-order valence-corrected chi connectivity index (χ3v) is 6.24. The van der Waals surface area contributed by atoms with Crippen LogP contribution in [0.15, 0.2) is 30.5 Å². The zero-order valence-corrected chi connectivity index (χ0v) is 16.3. The van der Waals surface area contributed by atoms with Crippen molar-refractivity contribution >= 4 is 22.2 Å². The van der Waals surface area contributed by atoms with Crippen molar-refractivity contribution in [2.24, 2.45) is 0 Å². The summed E-state index contributed by atoms with van der Waals surface area (Å²) in [7, 11) is 0. The van der Waals surface area contributed by atoms with E-state index in [1.54, 1.807) is 16.8 Å². The van der Waals surface area contributed by atoms with Crippen LogP contribution in [0.1, 0.15) is 51.8 Å². The number of carbonyl (C=O) groups excluding carboxylic acids is 1. The van der Waals surface area contributed by atoms with Crippen molar-refractivity contribution in [3.63, 3.8) is 0 Å². The summed E-state index contributed by atoms with van der Waals surface area (Å²) in [6.45, 7) is 1.94. The van der Waals surface area contributed by atoms with Gasteiger partial charge in [-0.1, -0.05) is 6.92 Å². The molecule has 1 aliphatic rings. The second-order valence-corrected chi connectivity index (χ2v) is 7.83. The highest BCUT2D eigenvalue weighted by Crippen LogP contribution is 2.37. The summed E-state index contributed by atoms with van der Waals surface area (Å²) in [5.74, 6) is -0.599. The molecule has 0 atom stereocenters. The Hall–Kier alpha value is -2.98. The largest absolute Gasteiger partial charge is 0.312 e. The predicted octanol–water partition coefficient (Wildman–Crippen LogP) is 4.64. The Labute approximate surface area is 166 Å². The van der Waals surface area contributed by atoms with E-state index in [-0.39, 0.29) is 11.7 Å². The van der Waals surface area contributed by atoms with Gasteiger partial charge in [-0.15, -0.1) is 11.3 Å². The first-order valence-electron chi connectivity index (χ1n) is 9.31. The van der Waals surface area contributed by atoms with Gasteiger partial charge in [0.1, 0.15) is 16.9 Å². The molecule has 28 heavy (non-hydrogen) atoms. The molecule has 0 bridgehead atoms. The van der Waals surface area contributed by atoms with Crippen molar-refractivity contribution in [3.8, 4) is 11.8 Å². The zero-order valence-electron chi connectivity index (χ0n) is 15.5. The fraction of sp³-hybridized carbons (Fsp3) is 0.286. The smallest absolute Gasteiger partial charge is 0.259 e. The number of nitriles is 1. The van der Waals surface area contributed by atoms with Gasteiger partial charge in [0.05, 0.1) is 28.7 Å². The van der Waals surface area contributed by atoms with E-state index in [1.165, 1.54) is 34.5 Å². The average molecular weight is 394 g/mol. The maximum atomic E-state index is 13.2. The molecule has 5 nitrogen and oxygen atoms in total. The van der Waals surface area contributed by atoms with Gasteiger partial charge in [-0.2, -0.15) is 10.4 Å². The molecular formula is C21H19FN4OS. The molecule has 1 amide bonds. The SMILES string of the molecule is CCc1c(C(=O)Nc2sc3c(c2C#N)CCCC3)cnn1-c1ccc(F)cc1. The topological polar surface area (TPSA) is 70.7 Å². The Morgan fingerprint density at radius 3 is 2.79 bits per heavy atom. The number of hydrogen-bond donors (Lipinski definition) is 1. The zero-order chi connectivity index (χ0) is 19.7. The monoisotopic (exact) mass is 394 g/mol. The molecule has 1 aliphatic carbocycles. The Bertz CT molecular complexity index is 1080. The average Bonchev–Trinajstić information content (AvgIpc) is 3.29. The second kappa shape index (κ2) is 7.56. The fourth-order valence-electron chi connectivity index (χ4n) is 3.65. The number of halogens is 1. The van der Waals surface area contributed by atoms with Gasteiger partial charge in [-0.3, -0.25) is 4.79 Å². The second-order valence-electron chi connectivity index (χ2n) is 6.73. The number of rotatable bonds is 4. The number of thiophene rings is 1. The van der Waals surface area contributed by atoms with Gasteiger partial charge in [0.25, 0.3) is 5.91 Å². The molecule has 2 aromatic heterocycles. The third kappa shape index (κ3) is 3.20. The fourth-order valence-corrected chi connectivity index (χ4v) is 4.89. The van der Waals surface area contributed by atoms with Crippen LogP contribution in [0.5, 0.6) is 0 Å². The predicted molar refractivity (Wildman–Crippen MR) is 107 cm³/mol. The molecule has 1 N–H and O–H groups in total. The van der Waals surface area contributed by atoms with E-state index < -0.39 is 0 Å². The lowest BCUT2D eigenvalue weighted by molar-refractivity contribution is 0.102. The summed E-state index contributed by atoms with van der Waals surface area (Å²) in [5.41, 5.74) is 3.58. The van der Waals surface area contributed by atoms with Crippen molar-refractivity contribution in [2.75, 3.05) is 5.32 Å². The first kappa shape index (κ1) is 18.4. The third-order valence-electron chi connectivity index (χ3n) is 5.03. The molecule has 1 aromatic carbocycles. The van der Waals surface area contributed by atoms with Crippen molar-refractivity contribution in [2.45, 2.75) is 39.0 Å². The molecule has 142 valence electrons. The summed E-state index contributed by atoms with van der Waals surface area (Å²) >= 11 is 1.50. The van der Waals surface area contributed by atoms with Gasteiger partial charge in [0.2, 0.25) is 0 Å². The number of fused-ring (bicyclic) bond motifs is 1. The Kier molecular flexibility index (Phi) is 4.97. The summed E-state index contributed by atoms with van der Waals surface area (Å²) in [4.78, 5) is 14.2. The highest BCUT2D eigenvalue weighted by Gasteiger charge is 2.24. The van der Waals surface area contributed by atoms with E-state index in [0.717, 1.165) is 36.9 Å². The van der Waals surface area contributed by atoms with Crippen LogP contribution in [0.3, 0.4) is 0 Å². The molecule has 0 saturated carbocycles. The van der Waals surface area contributed by atoms with Gasteiger partial charge in [-0.05, 0) is 61.9 Å². The van der Waals surface area contributed by atoms with Gasteiger partial charge < -0.3 is 5.32 Å². The minimum absolute atomic E-state index is 0.277. The quantitative estimate of drug-likeness (QED) is 0.701. The number of benzene rings is 1. The van der Waals surface area contributed by atoms with Gasteiger partial charge in [-0.25, -0.2) is 9.07 Å². The van der Waals surface area contributed by atoms with E-state index in [2.05, 4.69) is 16.5 Å². The number of carbonyl (C=O) groups is 1. The normalized spacial score (nSPS) is 13.0. The molecule has 0 radical (unpaired) electrons. The van der Waals surface area contributed by atoms with E-state index in [9.17, 15) is 14.4 Å². The lowest BCUT2D eigenvalue weighted by atomic mass is 9.96. The van der Waals surface area contributed by atoms with Crippen LogP contribution in [-0.2, 0) is 19.3 Å². The number of anilines is 1. The summed E-state index contributed by atoms with van der Waals surface area (Å²) < 4.78 is 14.9. The standard InChI is InChI=1S/C21H19FN4OS/c1-2-18-17(12-24-26(18)14-9-7-13(22)8-10-14)20(27)25-21-16(11-23)15-5-3-4-6-19(15)28-21/h7-10,12H,2-6H2,1H3,(H,25,27). The van der Waals surface area contributed by atoms with Crippen molar-refractivity contribution in [3.05, 3.63) is 63.5 Å². The summed E-state index contributed by atoms with van der Waals surface area (Å²) in [6.07, 6.45) is 6.18. The number of aromatic nitrogens is 2. The summed E-state index contributed by atoms with van der Waals surface area (Å²) in [5, 5.41) is 17.5. The van der Waals surface area contributed by atoms with Gasteiger partial charge >= 0.3 is 0 Å². The molecule has 2 heterocycles. The molecule has 0 unspecified atom stereocenters. The van der Waals surface area contributed by atoms with E-state index >= 15 is 0 Å². The highest BCUT2D eigenvalue weighted by atomic mass is 32.1. The Morgan fingerprint density at radius 2 is 2.07 bits per heavy atom. The van der Waals surface area contributed by atoms with Crippen molar-refractivity contribution < 1.29 is 9.18 Å². The summed E-state index contributed by atoms with van der Waals surface area (Å²) in [6, 6.07) is 8.26. The van der Waals surface area contributed by atoms with Crippen molar-refractivity contribution in [1.82, 2.24) is 9.78 Å². The molecule has 0 aliphatic heterocycles. The first-order valence-corrected chi connectivity index (χ1v) is 10.1. The molecule has 4 rings (SSSR count). The van der Waals surface area contributed by atoms with Gasteiger partial charge in [0.15, 0.2) is 0 Å². The van der Waals surface area contributed by atoms with Crippen LogP contribution in [0.2, 0.25) is 0 Å². The highest BCUT2D eigenvalue weighted by molar-refractivity contribution is 7.16. The number of nitrogens with zero attached hydrogens (tertiary/aromatic N) is 3. The van der Waals surface area contributed by atoms with Crippen LogP contribution >= 0.6 is 11.3 Å². The van der Waals surface area contributed by atoms with E-state index in [4.69, 9.17) is 0 Å². The maximum Gasteiger partial charge on any atom is 0.259 e. The Balaban J connectivity index is 1.65. The van der Waals surface area contributed by atoms with Crippen LogP contribution in [0.4, 0.5) is 9.39 Å². The number of aryl methyl sites for hydroxylation is 1. The lowest BCUT2D eigenvalue weighted by Crippen LogP contribution is -2.14.